The second-order valence-corrected chi connectivity index (χ2v) is 3.88. The second-order valence-electron chi connectivity index (χ2n) is 2.50. The van der Waals surface area contributed by atoms with Crippen LogP contribution >= 0.6 is 23.2 Å². The SMILES string of the molecule is CCOC(=O)C(Cl)(Cl)C(C)C. The van der Waals surface area contributed by atoms with Crippen molar-refractivity contribution in [3.63, 3.8) is 0 Å². The maximum Gasteiger partial charge on any atom is 0.342 e. The summed E-state index contributed by atoms with van der Waals surface area (Å²) in [7, 11) is 0. The zero-order chi connectivity index (χ0) is 9.07. The molecule has 0 N–H and O–H groups in total. The molecule has 0 heterocycles. The van der Waals surface area contributed by atoms with E-state index in [-0.39, 0.29) is 5.92 Å². The van der Waals surface area contributed by atoms with E-state index in [0.717, 1.165) is 0 Å². The van der Waals surface area contributed by atoms with Crippen LogP contribution in [0.15, 0.2) is 0 Å². The quantitative estimate of drug-likeness (QED) is 0.515. The van der Waals surface area contributed by atoms with Gasteiger partial charge in [-0.25, -0.2) is 4.79 Å². The summed E-state index contributed by atoms with van der Waals surface area (Å²) in [5.41, 5.74) is 0. The third-order valence-corrected chi connectivity index (χ3v) is 2.45. The van der Waals surface area contributed by atoms with Gasteiger partial charge in [-0.1, -0.05) is 37.0 Å². The van der Waals surface area contributed by atoms with Crippen LogP contribution in [0, 0.1) is 5.92 Å². The highest BCUT2D eigenvalue weighted by molar-refractivity contribution is 6.57. The summed E-state index contributed by atoms with van der Waals surface area (Å²) in [4.78, 5) is 11.0. The number of halogens is 2. The molecule has 0 bridgehead atoms. The van der Waals surface area contributed by atoms with Gasteiger partial charge in [-0.2, -0.15) is 0 Å². The second kappa shape index (κ2) is 4.17. The molecule has 0 amide bonds. The highest BCUT2D eigenvalue weighted by atomic mass is 35.5. The molecule has 66 valence electrons. The Morgan fingerprint density at radius 2 is 2.00 bits per heavy atom. The maximum absolute atomic E-state index is 11.0. The lowest BCUT2D eigenvalue weighted by Crippen LogP contribution is -2.33. The fourth-order valence-electron chi connectivity index (χ4n) is 0.463. The molecule has 0 radical (unpaired) electrons. The van der Waals surface area contributed by atoms with E-state index in [4.69, 9.17) is 23.2 Å². The number of esters is 1. The smallest absolute Gasteiger partial charge is 0.342 e. The summed E-state index contributed by atoms with van der Waals surface area (Å²) in [5.74, 6) is -0.719. The fraction of sp³-hybridized carbons (Fsp3) is 0.857. The van der Waals surface area contributed by atoms with Gasteiger partial charge in [0.05, 0.1) is 6.61 Å². The lowest BCUT2D eigenvalue weighted by atomic mass is 10.1. The van der Waals surface area contributed by atoms with E-state index in [9.17, 15) is 4.79 Å². The van der Waals surface area contributed by atoms with Gasteiger partial charge in [0.1, 0.15) is 0 Å². The summed E-state index contributed by atoms with van der Waals surface area (Å²) in [6, 6.07) is 0. The highest BCUT2D eigenvalue weighted by Crippen LogP contribution is 2.31. The number of carbonyl (C=O) groups excluding carboxylic acids is 1. The topological polar surface area (TPSA) is 26.3 Å². The van der Waals surface area contributed by atoms with Gasteiger partial charge < -0.3 is 4.74 Å². The molecular formula is C7H12Cl2O2. The molecular weight excluding hydrogens is 187 g/mol. The van der Waals surface area contributed by atoms with E-state index in [1.807, 2.05) is 0 Å². The summed E-state index contributed by atoms with van der Waals surface area (Å²) >= 11 is 11.4. The Morgan fingerprint density at radius 3 is 2.27 bits per heavy atom. The number of alkyl halides is 2. The Bertz CT molecular complexity index is 143. The minimum atomic E-state index is -1.41. The normalized spacial score (nSPS) is 11.8. The average Bonchev–Trinajstić information content (AvgIpc) is 1.88. The fourth-order valence-corrected chi connectivity index (χ4v) is 0.572. The molecule has 0 rings (SSSR count). The molecule has 0 aromatic carbocycles. The molecule has 0 saturated heterocycles. The highest BCUT2D eigenvalue weighted by Gasteiger charge is 2.38. The molecule has 0 aromatic heterocycles. The van der Waals surface area contributed by atoms with E-state index in [1.54, 1.807) is 20.8 Å². The standard InChI is InChI=1S/C7H12Cl2O2/c1-4-11-6(10)7(8,9)5(2)3/h5H,4H2,1-3H3. The maximum atomic E-state index is 11.0. The first-order valence-corrected chi connectivity index (χ1v) is 4.23. The number of hydrogen-bond acceptors (Lipinski definition) is 2. The van der Waals surface area contributed by atoms with Crippen LogP contribution in [0.25, 0.3) is 0 Å². The van der Waals surface area contributed by atoms with E-state index in [1.165, 1.54) is 0 Å². The Hall–Kier alpha value is 0.0500. The van der Waals surface area contributed by atoms with Crippen LogP contribution in [-0.4, -0.2) is 16.9 Å². The lowest BCUT2D eigenvalue weighted by molar-refractivity contribution is -0.144. The lowest BCUT2D eigenvalue weighted by Gasteiger charge is -2.20. The summed E-state index contributed by atoms with van der Waals surface area (Å²) in [5, 5.41) is 0. The first-order chi connectivity index (χ1) is 4.92. The number of hydrogen-bond donors (Lipinski definition) is 0. The molecule has 11 heavy (non-hydrogen) atoms. The van der Waals surface area contributed by atoms with Crippen molar-refractivity contribution in [1.82, 2.24) is 0 Å². The van der Waals surface area contributed by atoms with Crippen LogP contribution in [0.5, 0.6) is 0 Å². The zero-order valence-electron chi connectivity index (χ0n) is 6.86. The van der Waals surface area contributed by atoms with Gasteiger partial charge in [0.15, 0.2) is 0 Å². The van der Waals surface area contributed by atoms with Crippen molar-refractivity contribution < 1.29 is 9.53 Å². The van der Waals surface area contributed by atoms with Crippen LogP contribution in [0.1, 0.15) is 20.8 Å². The van der Waals surface area contributed by atoms with Crippen molar-refractivity contribution >= 4 is 29.2 Å². The molecule has 0 fully saturated rings. The van der Waals surface area contributed by atoms with Gasteiger partial charge in [-0.05, 0) is 12.8 Å². The number of carbonyl (C=O) groups is 1. The predicted molar refractivity (Wildman–Crippen MR) is 45.9 cm³/mol. The van der Waals surface area contributed by atoms with Crippen molar-refractivity contribution in [3.8, 4) is 0 Å². The summed E-state index contributed by atoms with van der Waals surface area (Å²) in [6.45, 7) is 5.53. The van der Waals surface area contributed by atoms with E-state index in [2.05, 4.69) is 4.74 Å². The first-order valence-electron chi connectivity index (χ1n) is 3.48. The van der Waals surface area contributed by atoms with Crippen LogP contribution in [0.4, 0.5) is 0 Å². The van der Waals surface area contributed by atoms with Gasteiger partial charge >= 0.3 is 5.97 Å². The van der Waals surface area contributed by atoms with Crippen LogP contribution in [0.2, 0.25) is 0 Å². The molecule has 0 saturated carbocycles. The van der Waals surface area contributed by atoms with Gasteiger partial charge in [-0.15, -0.1) is 0 Å². The van der Waals surface area contributed by atoms with Crippen LogP contribution in [-0.2, 0) is 9.53 Å². The molecule has 0 aliphatic carbocycles. The minimum Gasteiger partial charge on any atom is -0.464 e. The molecule has 2 nitrogen and oxygen atoms in total. The molecule has 0 spiro atoms. The van der Waals surface area contributed by atoms with Crippen molar-refractivity contribution in [3.05, 3.63) is 0 Å². The summed E-state index contributed by atoms with van der Waals surface area (Å²) in [6.07, 6.45) is 0. The Kier molecular flexibility index (Phi) is 4.19. The van der Waals surface area contributed by atoms with E-state index >= 15 is 0 Å². The van der Waals surface area contributed by atoms with Crippen molar-refractivity contribution in [2.24, 2.45) is 5.92 Å². The van der Waals surface area contributed by atoms with E-state index < -0.39 is 10.3 Å². The number of rotatable bonds is 3. The third-order valence-electron chi connectivity index (χ3n) is 1.27. The molecule has 0 atom stereocenters. The van der Waals surface area contributed by atoms with Crippen LogP contribution < -0.4 is 0 Å². The van der Waals surface area contributed by atoms with E-state index in [0.29, 0.717) is 6.61 Å². The summed E-state index contributed by atoms with van der Waals surface area (Å²) < 4.78 is 3.26. The zero-order valence-corrected chi connectivity index (χ0v) is 8.37. The largest absolute Gasteiger partial charge is 0.464 e. The van der Waals surface area contributed by atoms with Crippen molar-refractivity contribution in [2.45, 2.75) is 25.1 Å². The molecule has 0 aliphatic heterocycles. The first kappa shape index (κ1) is 11.1. The molecule has 0 aliphatic rings. The van der Waals surface area contributed by atoms with Crippen molar-refractivity contribution in [2.75, 3.05) is 6.61 Å². The predicted octanol–water partition coefficient (Wildman–Crippen LogP) is 2.38. The Morgan fingerprint density at radius 1 is 1.55 bits per heavy atom. The molecule has 0 unspecified atom stereocenters. The van der Waals surface area contributed by atoms with Gasteiger partial charge in [0, 0.05) is 0 Å². The average molecular weight is 199 g/mol. The molecule has 4 heteroatoms. The monoisotopic (exact) mass is 198 g/mol. The third kappa shape index (κ3) is 2.88. The minimum absolute atomic E-state index is 0.148. The van der Waals surface area contributed by atoms with Gasteiger partial charge in [0.25, 0.3) is 0 Å². The Balaban J connectivity index is 4.18. The van der Waals surface area contributed by atoms with Crippen molar-refractivity contribution in [1.29, 1.82) is 0 Å². The van der Waals surface area contributed by atoms with Gasteiger partial charge in [-0.3, -0.25) is 0 Å². The van der Waals surface area contributed by atoms with Crippen LogP contribution in [0.3, 0.4) is 0 Å². The van der Waals surface area contributed by atoms with Gasteiger partial charge in [0.2, 0.25) is 4.33 Å². The number of ether oxygens (including phenoxy) is 1. The molecule has 0 aromatic rings. The Labute approximate surface area is 76.8 Å².